The fourth-order valence-electron chi connectivity index (χ4n) is 1.85. The summed E-state index contributed by atoms with van der Waals surface area (Å²) < 4.78 is 16.0. The maximum atomic E-state index is 14.2. The predicted molar refractivity (Wildman–Crippen MR) is 76.4 cm³/mol. The molecule has 0 saturated carbocycles. The number of carboxylic acid groups (broad SMARTS) is 1. The first-order valence-electron chi connectivity index (χ1n) is 5.80. The molecule has 7 heteroatoms. The van der Waals surface area contributed by atoms with Gasteiger partial charge < -0.3 is 14.6 Å². The lowest BCUT2D eigenvalue weighted by molar-refractivity contribution is 0.0695. The monoisotopic (exact) mass is 341 g/mol. The molecule has 5 nitrogen and oxygen atoms in total. The van der Waals surface area contributed by atoms with Crippen molar-refractivity contribution in [2.24, 2.45) is 7.05 Å². The van der Waals surface area contributed by atoms with Crippen molar-refractivity contribution in [1.82, 2.24) is 9.55 Å². The number of benzene rings is 1. The highest BCUT2D eigenvalue weighted by atomic mass is 79.9. The van der Waals surface area contributed by atoms with E-state index >= 15 is 0 Å². The molecule has 1 N–H and O–H groups in total. The van der Waals surface area contributed by atoms with Crippen LogP contribution in [0.3, 0.4) is 0 Å². The molecule has 106 valence electrons. The lowest BCUT2D eigenvalue weighted by atomic mass is 10.2. The van der Waals surface area contributed by atoms with Crippen LogP contribution >= 0.6 is 15.9 Å². The number of aromatic carboxylic acids is 1. The van der Waals surface area contributed by atoms with E-state index < -0.39 is 11.8 Å². The van der Waals surface area contributed by atoms with Gasteiger partial charge in [0.15, 0.2) is 5.82 Å². The van der Waals surface area contributed by atoms with Gasteiger partial charge in [-0.3, -0.25) is 0 Å². The summed E-state index contributed by atoms with van der Waals surface area (Å²) in [5.74, 6) is -0.985. The molecule has 0 aliphatic carbocycles. The number of hydrogen-bond acceptors (Lipinski definition) is 3. The van der Waals surface area contributed by atoms with E-state index in [0.29, 0.717) is 12.2 Å². The molecular weight excluding hydrogens is 329 g/mol. The van der Waals surface area contributed by atoms with E-state index in [2.05, 4.69) is 20.9 Å². The van der Waals surface area contributed by atoms with E-state index in [0.717, 1.165) is 5.82 Å². The Morgan fingerprint density at radius 3 is 2.80 bits per heavy atom. The van der Waals surface area contributed by atoms with E-state index in [4.69, 9.17) is 5.11 Å². The molecule has 0 spiro atoms. The summed E-state index contributed by atoms with van der Waals surface area (Å²) >= 11 is 2.99. The topological polar surface area (TPSA) is 58.4 Å². The highest BCUT2D eigenvalue weighted by Crippen LogP contribution is 2.29. The van der Waals surface area contributed by atoms with Crippen molar-refractivity contribution in [2.75, 3.05) is 11.9 Å². The number of aromatic nitrogens is 2. The zero-order chi connectivity index (χ0) is 14.9. The summed E-state index contributed by atoms with van der Waals surface area (Å²) in [5, 5.41) is 8.94. The molecule has 0 bridgehead atoms. The van der Waals surface area contributed by atoms with Crippen molar-refractivity contribution in [3.05, 3.63) is 46.2 Å². The van der Waals surface area contributed by atoms with Crippen LogP contribution in [0.4, 0.5) is 10.1 Å². The molecule has 1 heterocycles. The SMILES string of the molecule is CN(Cc1nccn1C)c1ccc(C(=O)O)c(Br)c1F. The van der Waals surface area contributed by atoms with Gasteiger partial charge in [-0.15, -0.1) is 0 Å². The van der Waals surface area contributed by atoms with E-state index in [1.54, 1.807) is 18.1 Å². The van der Waals surface area contributed by atoms with Gasteiger partial charge in [0.25, 0.3) is 0 Å². The summed E-state index contributed by atoms with van der Waals surface area (Å²) in [4.78, 5) is 16.8. The third-order valence-electron chi connectivity index (χ3n) is 3.00. The van der Waals surface area contributed by atoms with Gasteiger partial charge in [-0.25, -0.2) is 14.2 Å². The van der Waals surface area contributed by atoms with Crippen LogP contribution in [-0.4, -0.2) is 27.7 Å². The summed E-state index contributed by atoms with van der Waals surface area (Å²) in [6, 6.07) is 2.83. The first kappa shape index (κ1) is 14.5. The maximum Gasteiger partial charge on any atom is 0.336 e. The molecule has 0 unspecified atom stereocenters. The lowest BCUT2D eigenvalue weighted by Crippen LogP contribution is -2.20. The normalized spacial score (nSPS) is 10.6. The number of carbonyl (C=O) groups is 1. The average molecular weight is 342 g/mol. The molecule has 1 aromatic heterocycles. The van der Waals surface area contributed by atoms with Crippen LogP contribution in [0.15, 0.2) is 29.0 Å². The van der Waals surface area contributed by atoms with E-state index in [9.17, 15) is 9.18 Å². The van der Waals surface area contributed by atoms with Gasteiger partial charge in [0, 0.05) is 26.5 Å². The molecule has 0 amide bonds. The maximum absolute atomic E-state index is 14.2. The van der Waals surface area contributed by atoms with Crippen molar-refractivity contribution in [3.8, 4) is 0 Å². The number of halogens is 2. The fraction of sp³-hybridized carbons (Fsp3) is 0.231. The van der Waals surface area contributed by atoms with Crippen LogP contribution in [-0.2, 0) is 13.6 Å². The highest BCUT2D eigenvalue weighted by Gasteiger charge is 2.18. The second kappa shape index (κ2) is 5.62. The summed E-state index contributed by atoms with van der Waals surface area (Å²) in [6.45, 7) is 0.416. The Balaban J connectivity index is 2.31. The molecule has 0 aliphatic rings. The molecule has 0 atom stereocenters. The van der Waals surface area contributed by atoms with Crippen molar-refractivity contribution in [2.45, 2.75) is 6.54 Å². The number of anilines is 1. The molecule has 20 heavy (non-hydrogen) atoms. The Hall–Kier alpha value is -1.89. The molecule has 2 aromatic rings. The Bertz CT molecular complexity index is 657. The van der Waals surface area contributed by atoms with Crippen LogP contribution < -0.4 is 4.90 Å². The van der Waals surface area contributed by atoms with Crippen LogP contribution in [0.2, 0.25) is 0 Å². The van der Waals surface area contributed by atoms with Gasteiger partial charge in [0.1, 0.15) is 5.82 Å². The second-order valence-electron chi connectivity index (χ2n) is 4.38. The van der Waals surface area contributed by atoms with Gasteiger partial charge >= 0.3 is 5.97 Å². The lowest BCUT2D eigenvalue weighted by Gasteiger charge is -2.20. The van der Waals surface area contributed by atoms with Crippen LogP contribution in [0, 0.1) is 5.82 Å². The van der Waals surface area contributed by atoms with Gasteiger partial charge in [-0.2, -0.15) is 0 Å². The molecule has 0 saturated heterocycles. The van der Waals surface area contributed by atoms with Crippen molar-refractivity contribution < 1.29 is 14.3 Å². The van der Waals surface area contributed by atoms with Crippen LogP contribution in [0.1, 0.15) is 16.2 Å². The van der Waals surface area contributed by atoms with Crippen molar-refractivity contribution >= 4 is 27.6 Å². The van der Waals surface area contributed by atoms with Crippen molar-refractivity contribution in [1.29, 1.82) is 0 Å². The smallest absolute Gasteiger partial charge is 0.336 e. The first-order valence-corrected chi connectivity index (χ1v) is 6.59. The number of rotatable bonds is 4. The summed E-state index contributed by atoms with van der Waals surface area (Å²) in [5.41, 5.74) is 0.210. The number of hydrogen-bond donors (Lipinski definition) is 1. The molecule has 1 aromatic carbocycles. The average Bonchev–Trinajstić information content (AvgIpc) is 2.77. The molecule has 2 rings (SSSR count). The zero-order valence-corrected chi connectivity index (χ0v) is 12.6. The Morgan fingerprint density at radius 1 is 1.55 bits per heavy atom. The van der Waals surface area contributed by atoms with Crippen LogP contribution in [0.5, 0.6) is 0 Å². The van der Waals surface area contributed by atoms with Gasteiger partial charge in [-0.1, -0.05) is 0 Å². The van der Waals surface area contributed by atoms with E-state index in [-0.39, 0.29) is 10.0 Å². The number of aryl methyl sites for hydroxylation is 1. The Labute approximate surface area is 123 Å². The first-order chi connectivity index (χ1) is 9.41. The molecule has 0 fully saturated rings. The van der Waals surface area contributed by atoms with Crippen LogP contribution in [0.25, 0.3) is 0 Å². The van der Waals surface area contributed by atoms with E-state index in [1.807, 2.05) is 17.8 Å². The minimum atomic E-state index is -1.17. The standard InChI is InChI=1S/C13H13BrFN3O2/c1-17-6-5-16-10(17)7-18(2)9-4-3-8(13(19)20)11(14)12(9)15/h3-6H,7H2,1-2H3,(H,19,20). The highest BCUT2D eigenvalue weighted by molar-refractivity contribution is 9.10. The largest absolute Gasteiger partial charge is 0.478 e. The van der Waals surface area contributed by atoms with Crippen molar-refractivity contribution in [3.63, 3.8) is 0 Å². The van der Waals surface area contributed by atoms with E-state index in [1.165, 1.54) is 12.1 Å². The number of imidazole rings is 1. The minimum Gasteiger partial charge on any atom is -0.478 e. The fourth-order valence-corrected chi connectivity index (χ4v) is 2.35. The molecule has 0 radical (unpaired) electrons. The van der Waals surface area contributed by atoms with Gasteiger partial charge in [0.05, 0.1) is 22.3 Å². The molecule has 0 aliphatic heterocycles. The quantitative estimate of drug-likeness (QED) is 0.928. The minimum absolute atomic E-state index is 0.0470. The second-order valence-corrected chi connectivity index (χ2v) is 5.17. The molecular formula is C13H13BrFN3O2. The number of carboxylic acids is 1. The summed E-state index contributed by atoms with van der Waals surface area (Å²) in [7, 11) is 3.58. The third-order valence-corrected chi connectivity index (χ3v) is 3.78. The summed E-state index contributed by atoms with van der Waals surface area (Å²) in [6.07, 6.45) is 3.48. The Kier molecular flexibility index (Phi) is 4.08. The predicted octanol–water partition coefficient (Wildman–Crippen LogP) is 2.66. The van der Waals surface area contributed by atoms with Gasteiger partial charge in [0.2, 0.25) is 0 Å². The number of nitrogens with zero attached hydrogens (tertiary/aromatic N) is 3. The Morgan fingerprint density at radius 2 is 2.25 bits per heavy atom. The third kappa shape index (κ3) is 2.67. The zero-order valence-electron chi connectivity index (χ0n) is 11.0. The van der Waals surface area contributed by atoms with Gasteiger partial charge in [-0.05, 0) is 28.1 Å².